The molecule has 2 aromatic carbocycles. The van der Waals surface area contributed by atoms with Crippen molar-refractivity contribution in [3.8, 4) is 0 Å². The maximum Gasteiger partial charge on any atom is 0.261 e. The van der Waals surface area contributed by atoms with Crippen molar-refractivity contribution >= 4 is 44.3 Å². The molecule has 31 heavy (non-hydrogen) atoms. The van der Waals surface area contributed by atoms with E-state index >= 15 is 0 Å². The first kappa shape index (κ1) is 21.4. The number of nitrogens with two attached hydrogens (primary N) is 1. The summed E-state index contributed by atoms with van der Waals surface area (Å²) in [7, 11) is -4.09. The first-order valence-electron chi connectivity index (χ1n) is 9.68. The highest BCUT2D eigenvalue weighted by atomic mass is 35.5. The summed E-state index contributed by atoms with van der Waals surface area (Å²) in [4.78, 5) is 27.3. The van der Waals surface area contributed by atoms with E-state index in [0.29, 0.717) is 19.4 Å². The summed E-state index contributed by atoms with van der Waals surface area (Å²) < 4.78 is 25.2. The molecule has 2 heterocycles. The van der Waals surface area contributed by atoms with Crippen LogP contribution in [0, 0.1) is 6.92 Å². The minimum Gasteiger partial charge on any atom is -0.327 e. The van der Waals surface area contributed by atoms with Gasteiger partial charge in [-0.1, -0.05) is 29.8 Å². The normalized spacial score (nSPS) is 16.6. The molecule has 0 bridgehead atoms. The number of aryl methyl sites for hydroxylation is 1. The van der Waals surface area contributed by atoms with E-state index < -0.39 is 22.0 Å². The van der Waals surface area contributed by atoms with Crippen LogP contribution in [0.5, 0.6) is 0 Å². The molecular formula is C21H21ClN4O4S. The SMILES string of the molecule is Cc1cc2ccccc2n1NC(=O)[C@@H]1CCCN1C(=O)c1ccc(Cl)c(S(N)(=O)=O)c1. The number of fused-ring (bicyclic) bond motifs is 1. The first-order valence-corrected chi connectivity index (χ1v) is 11.6. The fourth-order valence-corrected chi connectivity index (χ4v) is 5.00. The third kappa shape index (κ3) is 4.04. The zero-order valence-electron chi connectivity index (χ0n) is 16.7. The molecule has 1 saturated heterocycles. The number of carbonyl (C=O) groups is 2. The fourth-order valence-electron chi connectivity index (χ4n) is 3.93. The predicted octanol–water partition coefficient (Wildman–Crippen LogP) is 2.63. The lowest BCUT2D eigenvalue weighted by Crippen LogP contribution is -2.45. The number of carbonyl (C=O) groups excluding carboxylic acids is 2. The van der Waals surface area contributed by atoms with Crippen molar-refractivity contribution in [2.45, 2.75) is 30.7 Å². The van der Waals surface area contributed by atoms with Gasteiger partial charge in [-0.05, 0) is 50.1 Å². The Kier molecular flexibility index (Phi) is 5.50. The van der Waals surface area contributed by atoms with Crippen LogP contribution in [0.3, 0.4) is 0 Å². The number of para-hydroxylation sites is 1. The number of nitrogens with zero attached hydrogens (tertiary/aromatic N) is 2. The van der Waals surface area contributed by atoms with Gasteiger partial charge < -0.3 is 4.90 Å². The summed E-state index contributed by atoms with van der Waals surface area (Å²) in [6.45, 7) is 2.27. The molecule has 0 aliphatic carbocycles. The molecule has 0 radical (unpaired) electrons. The number of likely N-dealkylation sites (tertiary alicyclic amines) is 1. The number of nitrogens with one attached hydrogen (secondary N) is 1. The molecule has 3 aromatic rings. The van der Waals surface area contributed by atoms with Gasteiger partial charge in [-0.25, -0.2) is 13.6 Å². The lowest BCUT2D eigenvalue weighted by atomic mass is 10.1. The minimum absolute atomic E-state index is 0.0651. The largest absolute Gasteiger partial charge is 0.327 e. The molecule has 0 saturated carbocycles. The van der Waals surface area contributed by atoms with Crippen molar-refractivity contribution in [3.05, 3.63) is 64.8 Å². The van der Waals surface area contributed by atoms with E-state index in [9.17, 15) is 18.0 Å². The zero-order valence-corrected chi connectivity index (χ0v) is 18.3. The Labute approximate surface area is 184 Å². The van der Waals surface area contributed by atoms with Crippen LogP contribution in [-0.4, -0.2) is 42.4 Å². The van der Waals surface area contributed by atoms with E-state index in [1.165, 1.54) is 17.0 Å². The third-order valence-corrected chi connectivity index (χ3v) is 6.81. The molecule has 162 valence electrons. The van der Waals surface area contributed by atoms with Gasteiger partial charge in [-0.3, -0.25) is 19.7 Å². The standard InChI is InChI=1S/C21H21ClN4O4S/c1-13-11-14-5-2-3-6-17(14)26(13)24-20(27)18-7-4-10-25(18)21(28)15-8-9-16(22)19(12-15)31(23,29)30/h2-3,5-6,8-9,11-12,18H,4,7,10H2,1H3,(H,24,27)(H2,23,29,30)/t18-/m0/s1. The smallest absolute Gasteiger partial charge is 0.261 e. The quantitative estimate of drug-likeness (QED) is 0.622. The number of hydrogen-bond donors (Lipinski definition) is 2. The van der Waals surface area contributed by atoms with Gasteiger partial charge in [0, 0.05) is 23.2 Å². The Bertz CT molecular complexity index is 1300. The fraction of sp³-hybridized carbons (Fsp3) is 0.238. The van der Waals surface area contributed by atoms with E-state index in [2.05, 4.69) is 5.43 Å². The van der Waals surface area contributed by atoms with Crippen molar-refractivity contribution in [2.24, 2.45) is 5.14 Å². The van der Waals surface area contributed by atoms with Crippen LogP contribution in [0.25, 0.3) is 10.9 Å². The van der Waals surface area contributed by atoms with Gasteiger partial charge >= 0.3 is 0 Å². The molecule has 1 aromatic heterocycles. The molecule has 2 amide bonds. The lowest BCUT2D eigenvalue weighted by Gasteiger charge is -2.25. The van der Waals surface area contributed by atoms with Crippen LogP contribution in [0.15, 0.2) is 53.4 Å². The Balaban J connectivity index is 1.60. The Morgan fingerprint density at radius 1 is 1.16 bits per heavy atom. The number of hydrogen-bond acceptors (Lipinski definition) is 4. The molecule has 1 fully saturated rings. The second-order valence-electron chi connectivity index (χ2n) is 7.50. The highest BCUT2D eigenvalue weighted by molar-refractivity contribution is 7.89. The number of sulfonamides is 1. The molecule has 4 rings (SSSR count). The maximum atomic E-state index is 13.1. The Hall–Kier alpha value is -2.88. The lowest BCUT2D eigenvalue weighted by molar-refractivity contribution is -0.120. The number of rotatable bonds is 4. The molecular weight excluding hydrogens is 440 g/mol. The second kappa shape index (κ2) is 7.99. The Morgan fingerprint density at radius 2 is 1.90 bits per heavy atom. The summed E-state index contributed by atoms with van der Waals surface area (Å²) in [6, 6.07) is 12.9. The third-order valence-electron chi connectivity index (χ3n) is 5.42. The van der Waals surface area contributed by atoms with Crippen LogP contribution in [0.2, 0.25) is 5.02 Å². The number of halogens is 1. The summed E-state index contributed by atoms with van der Waals surface area (Å²) in [5, 5.41) is 6.12. The van der Waals surface area contributed by atoms with E-state index in [4.69, 9.17) is 16.7 Å². The van der Waals surface area contributed by atoms with Gasteiger partial charge in [-0.15, -0.1) is 0 Å². The van der Waals surface area contributed by atoms with Gasteiger partial charge in [0.05, 0.1) is 10.5 Å². The van der Waals surface area contributed by atoms with E-state index in [1.54, 1.807) is 4.68 Å². The molecule has 0 unspecified atom stereocenters. The number of amides is 2. The first-order chi connectivity index (χ1) is 14.7. The van der Waals surface area contributed by atoms with Crippen molar-refractivity contribution in [1.29, 1.82) is 0 Å². The van der Waals surface area contributed by atoms with E-state index in [1.807, 2.05) is 37.3 Å². The van der Waals surface area contributed by atoms with Gasteiger partial charge in [0.15, 0.2) is 0 Å². The van der Waals surface area contributed by atoms with Crippen molar-refractivity contribution in [1.82, 2.24) is 9.58 Å². The van der Waals surface area contributed by atoms with Crippen LogP contribution < -0.4 is 10.6 Å². The highest BCUT2D eigenvalue weighted by Gasteiger charge is 2.35. The van der Waals surface area contributed by atoms with Crippen molar-refractivity contribution in [2.75, 3.05) is 12.0 Å². The maximum absolute atomic E-state index is 13.1. The number of primary sulfonamides is 1. The summed E-state index contributed by atoms with van der Waals surface area (Å²) in [6.07, 6.45) is 1.16. The Morgan fingerprint density at radius 3 is 2.65 bits per heavy atom. The van der Waals surface area contributed by atoms with Crippen LogP contribution in [0.1, 0.15) is 28.9 Å². The summed E-state index contributed by atoms with van der Waals surface area (Å²) in [5.41, 5.74) is 4.73. The minimum atomic E-state index is -4.09. The van der Waals surface area contributed by atoms with Crippen molar-refractivity contribution < 1.29 is 18.0 Å². The predicted molar refractivity (Wildman–Crippen MR) is 118 cm³/mol. The van der Waals surface area contributed by atoms with Crippen LogP contribution >= 0.6 is 11.6 Å². The molecule has 0 spiro atoms. The molecule has 1 atom stereocenters. The van der Waals surface area contributed by atoms with Crippen LogP contribution in [-0.2, 0) is 14.8 Å². The van der Waals surface area contributed by atoms with Gasteiger partial charge in [0.2, 0.25) is 10.0 Å². The topological polar surface area (TPSA) is 114 Å². The monoisotopic (exact) mass is 460 g/mol. The number of aromatic nitrogens is 1. The van der Waals surface area contributed by atoms with Gasteiger partial charge in [0.25, 0.3) is 11.8 Å². The summed E-state index contributed by atoms with van der Waals surface area (Å²) in [5.74, 6) is -0.760. The molecule has 8 nitrogen and oxygen atoms in total. The molecule has 1 aliphatic heterocycles. The van der Waals surface area contributed by atoms with Crippen molar-refractivity contribution in [3.63, 3.8) is 0 Å². The number of benzene rings is 2. The molecule has 1 aliphatic rings. The zero-order chi connectivity index (χ0) is 22.3. The van der Waals surface area contributed by atoms with Crippen LogP contribution in [0.4, 0.5) is 0 Å². The van der Waals surface area contributed by atoms with Gasteiger partial charge in [0.1, 0.15) is 10.9 Å². The second-order valence-corrected chi connectivity index (χ2v) is 9.44. The highest BCUT2D eigenvalue weighted by Crippen LogP contribution is 2.26. The average molecular weight is 461 g/mol. The summed E-state index contributed by atoms with van der Waals surface area (Å²) >= 11 is 5.92. The van der Waals surface area contributed by atoms with E-state index in [0.717, 1.165) is 22.7 Å². The molecule has 3 N–H and O–H groups in total. The molecule has 10 heteroatoms. The average Bonchev–Trinajstić information content (AvgIpc) is 3.32. The van der Waals surface area contributed by atoms with E-state index in [-0.39, 0.29) is 21.4 Å². The van der Waals surface area contributed by atoms with Gasteiger partial charge in [-0.2, -0.15) is 0 Å².